The molecule has 0 saturated heterocycles. The third kappa shape index (κ3) is 4.17. The first-order chi connectivity index (χ1) is 12.7. The summed E-state index contributed by atoms with van der Waals surface area (Å²) in [5, 5.41) is 13.4. The van der Waals surface area contributed by atoms with E-state index in [1.54, 1.807) is 0 Å². The number of nitrogens with zero attached hydrogens (tertiary/aromatic N) is 5. The summed E-state index contributed by atoms with van der Waals surface area (Å²) in [6, 6.07) is 3.49. The van der Waals surface area contributed by atoms with Gasteiger partial charge in [-0.15, -0.1) is 5.10 Å². The fourth-order valence-corrected chi connectivity index (χ4v) is 2.37. The molecule has 10 heteroatoms. The highest BCUT2D eigenvalue weighted by atomic mass is 19.4. The number of benzene rings is 1. The minimum Gasteiger partial charge on any atom is -0.478 e. The molecule has 138 valence electrons. The molecule has 3 aromatic rings. The van der Waals surface area contributed by atoms with Crippen LogP contribution in [-0.4, -0.2) is 35.8 Å². The zero-order valence-electron chi connectivity index (χ0n) is 13.8. The van der Waals surface area contributed by atoms with Gasteiger partial charge >= 0.3 is 12.1 Å². The Morgan fingerprint density at radius 2 is 1.89 bits per heavy atom. The van der Waals surface area contributed by atoms with Crippen LogP contribution < -0.4 is 0 Å². The van der Waals surface area contributed by atoms with Gasteiger partial charge in [0.05, 0.1) is 11.1 Å². The molecule has 0 atom stereocenters. The van der Waals surface area contributed by atoms with E-state index in [0.29, 0.717) is 5.56 Å². The smallest absolute Gasteiger partial charge is 0.416 e. The molecule has 0 saturated carbocycles. The first kappa shape index (κ1) is 18.2. The molecular formula is C17H12F3N5O2. The van der Waals surface area contributed by atoms with E-state index in [0.717, 1.165) is 16.8 Å². The fourth-order valence-electron chi connectivity index (χ4n) is 2.37. The van der Waals surface area contributed by atoms with E-state index < -0.39 is 17.7 Å². The minimum atomic E-state index is -4.49. The van der Waals surface area contributed by atoms with Crippen LogP contribution in [0.2, 0.25) is 0 Å². The SMILES string of the molecule is Cc1cc(-c2ncn(/C=C(/C(=O)O)c3cncnc3)n2)cc(C(F)(F)F)c1. The molecule has 2 aromatic heterocycles. The minimum absolute atomic E-state index is 0.0366. The van der Waals surface area contributed by atoms with Gasteiger partial charge in [-0.05, 0) is 30.7 Å². The van der Waals surface area contributed by atoms with Gasteiger partial charge in [-0.25, -0.2) is 24.4 Å². The summed E-state index contributed by atoms with van der Waals surface area (Å²) in [5.74, 6) is -1.20. The van der Waals surface area contributed by atoms with Gasteiger partial charge in [0.2, 0.25) is 0 Å². The molecule has 0 aliphatic heterocycles. The van der Waals surface area contributed by atoms with Crippen molar-refractivity contribution in [3.63, 3.8) is 0 Å². The zero-order chi connectivity index (χ0) is 19.6. The third-order valence-corrected chi connectivity index (χ3v) is 3.53. The van der Waals surface area contributed by atoms with Crippen molar-refractivity contribution >= 4 is 17.7 Å². The average molecular weight is 375 g/mol. The van der Waals surface area contributed by atoms with E-state index in [4.69, 9.17) is 0 Å². The second-order valence-electron chi connectivity index (χ2n) is 5.61. The standard InChI is InChI=1S/C17H12F3N5O2/c1-10-2-11(4-13(3-10)17(18,19)20)15-23-9-25(24-15)7-14(16(26)27)12-5-21-8-22-6-12/h2-9H,1H3,(H,26,27)/b14-7+. The summed E-state index contributed by atoms with van der Waals surface area (Å²) < 4.78 is 40.1. The Morgan fingerprint density at radius 3 is 2.52 bits per heavy atom. The number of aryl methyl sites for hydroxylation is 1. The highest BCUT2D eigenvalue weighted by Gasteiger charge is 2.31. The van der Waals surface area contributed by atoms with E-state index >= 15 is 0 Å². The van der Waals surface area contributed by atoms with Crippen LogP contribution >= 0.6 is 0 Å². The number of carboxylic acids is 1. The molecule has 3 rings (SSSR count). The second-order valence-corrected chi connectivity index (χ2v) is 5.61. The number of halogens is 3. The molecule has 0 aliphatic carbocycles. The first-order valence-electron chi connectivity index (χ1n) is 7.55. The van der Waals surface area contributed by atoms with Crippen molar-refractivity contribution in [2.75, 3.05) is 0 Å². The van der Waals surface area contributed by atoms with Crippen LogP contribution in [0.15, 0.2) is 43.2 Å². The molecular weight excluding hydrogens is 363 g/mol. The van der Waals surface area contributed by atoms with E-state index in [-0.39, 0.29) is 22.5 Å². The maximum absolute atomic E-state index is 13.0. The lowest BCUT2D eigenvalue weighted by Gasteiger charge is -2.09. The largest absolute Gasteiger partial charge is 0.478 e. The molecule has 2 heterocycles. The molecule has 7 nitrogen and oxygen atoms in total. The highest BCUT2D eigenvalue weighted by Crippen LogP contribution is 2.32. The van der Waals surface area contributed by atoms with Gasteiger partial charge in [-0.3, -0.25) is 0 Å². The predicted molar refractivity (Wildman–Crippen MR) is 89.0 cm³/mol. The van der Waals surface area contributed by atoms with Gasteiger partial charge in [-0.2, -0.15) is 13.2 Å². The van der Waals surface area contributed by atoms with Crippen molar-refractivity contribution in [2.45, 2.75) is 13.1 Å². The normalized spacial score (nSPS) is 12.2. The molecule has 1 aromatic carbocycles. The van der Waals surface area contributed by atoms with Crippen LogP contribution in [-0.2, 0) is 11.0 Å². The van der Waals surface area contributed by atoms with Gasteiger partial charge in [0.1, 0.15) is 12.7 Å². The highest BCUT2D eigenvalue weighted by molar-refractivity contribution is 6.18. The van der Waals surface area contributed by atoms with Crippen LogP contribution in [0.25, 0.3) is 23.2 Å². The van der Waals surface area contributed by atoms with Crippen molar-refractivity contribution in [2.24, 2.45) is 0 Å². The van der Waals surface area contributed by atoms with Crippen LogP contribution in [0.4, 0.5) is 13.2 Å². The molecule has 0 bridgehead atoms. The van der Waals surface area contributed by atoms with Gasteiger partial charge in [0.25, 0.3) is 0 Å². The maximum atomic E-state index is 13.0. The summed E-state index contributed by atoms with van der Waals surface area (Å²) in [6.07, 6.45) is 1.79. The summed E-state index contributed by atoms with van der Waals surface area (Å²) in [5.41, 5.74) is -0.130. The van der Waals surface area contributed by atoms with Crippen LogP contribution in [0, 0.1) is 6.92 Å². The van der Waals surface area contributed by atoms with Crippen molar-refractivity contribution in [1.82, 2.24) is 24.7 Å². The van der Waals surface area contributed by atoms with E-state index in [1.807, 2.05) is 0 Å². The van der Waals surface area contributed by atoms with Crippen molar-refractivity contribution in [3.8, 4) is 11.4 Å². The number of aromatic nitrogens is 5. The zero-order valence-corrected chi connectivity index (χ0v) is 13.8. The van der Waals surface area contributed by atoms with Crippen molar-refractivity contribution < 1.29 is 23.1 Å². The second kappa shape index (κ2) is 6.98. The Kier molecular flexibility index (Phi) is 4.72. The van der Waals surface area contributed by atoms with E-state index in [9.17, 15) is 23.1 Å². The van der Waals surface area contributed by atoms with Crippen molar-refractivity contribution in [1.29, 1.82) is 0 Å². The first-order valence-corrected chi connectivity index (χ1v) is 7.55. The quantitative estimate of drug-likeness (QED) is 0.704. The Balaban J connectivity index is 2.00. The van der Waals surface area contributed by atoms with Gasteiger partial charge in [-0.1, -0.05) is 0 Å². The summed E-state index contributed by atoms with van der Waals surface area (Å²) in [7, 11) is 0. The Bertz CT molecular complexity index is 1010. The Morgan fingerprint density at radius 1 is 1.19 bits per heavy atom. The number of carbonyl (C=O) groups is 1. The van der Waals surface area contributed by atoms with Crippen LogP contribution in [0.3, 0.4) is 0 Å². The number of carboxylic acid groups (broad SMARTS) is 1. The predicted octanol–water partition coefficient (Wildman–Crippen LogP) is 3.15. The molecule has 0 spiro atoms. The lowest BCUT2D eigenvalue weighted by Crippen LogP contribution is -2.05. The summed E-state index contributed by atoms with van der Waals surface area (Å²) in [6.45, 7) is 1.54. The topological polar surface area (TPSA) is 93.8 Å². The molecule has 0 radical (unpaired) electrons. The Hall–Kier alpha value is -3.56. The number of hydrogen-bond donors (Lipinski definition) is 1. The molecule has 0 unspecified atom stereocenters. The number of hydrogen-bond acceptors (Lipinski definition) is 5. The monoisotopic (exact) mass is 375 g/mol. The van der Waals surface area contributed by atoms with Gasteiger partial charge in [0.15, 0.2) is 5.82 Å². The van der Waals surface area contributed by atoms with Crippen LogP contribution in [0.5, 0.6) is 0 Å². The number of rotatable bonds is 4. The molecule has 0 aliphatic rings. The lowest BCUT2D eigenvalue weighted by molar-refractivity contribution is -0.137. The maximum Gasteiger partial charge on any atom is 0.416 e. The molecule has 27 heavy (non-hydrogen) atoms. The number of aliphatic carboxylic acids is 1. The summed E-state index contributed by atoms with van der Waals surface area (Å²) >= 11 is 0. The van der Waals surface area contributed by atoms with E-state index in [2.05, 4.69) is 20.1 Å². The number of alkyl halides is 3. The van der Waals surface area contributed by atoms with Crippen molar-refractivity contribution in [3.05, 3.63) is 59.9 Å². The summed E-state index contributed by atoms with van der Waals surface area (Å²) in [4.78, 5) is 23.0. The molecule has 1 N–H and O–H groups in total. The fraction of sp³-hybridized carbons (Fsp3) is 0.118. The van der Waals surface area contributed by atoms with Gasteiger partial charge < -0.3 is 5.11 Å². The average Bonchev–Trinajstić information content (AvgIpc) is 3.08. The van der Waals surface area contributed by atoms with Crippen LogP contribution in [0.1, 0.15) is 16.7 Å². The molecule has 0 amide bonds. The Labute approximate surface area is 150 Å². The lowest BCUT2D eigenvalue weighted by atomic mass is 10.1. The van der Waals surface area contributed by atoms with Gasteiger partial charge in [0, 0.05) is 29.7 Å². The molecule has 0 fully saturated rings. The van der Waals surface area contributed by atoms with E-state index in [1.165, 1.54) is 44.2 Å². The third-order valence-electron chi connectivity index (χ3n) is 3.53.